The van der Waals surface area contributed by atoms with Gasteiger partial charge >= 0.3 is 0 Å². The maximum atomic E-state index is 12.1. The zero-order valence-corrected chi connectivity index (χ0v) is 14.6. The lowest BCUT2D eigenvalue weighted by atomic mass is 10.1. The number of nitrogens with one attached hydrogen (secondary N) is 2. The minimum Gasteiger partial charge on any atom is -0.322 e. The van der Waals surface area contributed by atoms with E-state index in [1.54, 1.807) is 6.07 Å². The topological polar surface area (TPSA) is 62.0 Å². The van der Waals surface area contributed by atoms with Crippen molar-refractivity contribution in [3.05, 3.63) is 80.6 Å². The number of para-hydroxylation sites is 1. The lowest BCUT2D eigenvalue weighted by molar-refractivity contribution is -0.111. The molecule has 2 N–H and O–H groups in total. The fourth-order valence-electron chi connectivity index (χ4n) is 2.45. The van der Waals surface area contributed by atoms with Gasteiger partial charge in [0.1, 0.15) is 0 Å². The van der Waals surface area contributed by atoms with Gasteiger partial charge in [0.25, 0.3) is 5.56 Å². The number of hydrogen-bond acceptors (Lipinski definition) is 2. The molecule has 1 amide bonds. The van der Waals surface area contributed by atoms with Crippen LogP contribution in [0.15, 0.2) is 63.9 Å². The van der Waals surface area contributed by atoms with Gasteiger partial charge in [0.05, 0.1) is 0 Å². The first kappa shape index (κ1) is 16.2. The van der Waals surface area contributed by atoms with E-state index in [0.29, 0.717) is 11.3 Å². The van der Waals surface area contributed by atoms with Gasteiger partial charge in [-0.1, -0.05) is 34.1 Å². The largest absolute Gasteiger partial charge is 0.322 e. The summed E-state index contributed by atoms with van der Waals surface area (Å²) in [4.78, 5) is 26.9. The smallest absolute Gasteiger partial charge is 0.255 e. The first-order valence-corrected chi connectivity index (χ1v) is 8.19. The van der Waals surface area contributed by atoms with Gasteiger partial charge in [0.2, 0.25) is 5.91 Å². The Labute approximate surface area is 147 Å². The van der Waals surface area contributed by atoms with Crippen molar-refractivity contribution < 1.29 is 4.79 Å². The van der Waals surface area contributed by atoms with Crippen LogP contribution in [-0.4, -0.2) is 10.9 Å². The molecule has 0 unspecified atom stereocenters. The van der Waals surface area contributed by atoms with Gasteiger partial charge in [-0.2, -0.15) is 0 Å². The van der Waals surface area contributed by atoms with Crippen molar-refractivity contribution in [3.8, 4) is 0 Å². The summed E-state index contributed by atoms with van der Waals surface area (Å²) in [6.45, 7) is 1.95. The lowest BCUT2D eigenvalue weighted by Crippen LogP contribution is -2.11. The van der Waals surface area contributed by atoms with Crippen LogP contribution >= 0.6 is 15.9 Å². The third-order valence-corrected chi connectivity index (χ3v) is 3.96. The Balaban J connectivity index is 1.81. The molecule has 0 fully saturated rings. The zero-order valence-electron chi connectivity index (χ0n) is 13.0. The number of aryl methyl sites for hydroxylation is 1. The third-order valence-electron chi connectivity index (χ3n) is 3.51. The number of halogens is 1. The van der Waals surface area contributed by atoms with Gasteiger partial charge in [-0.15, -0.1) is 0 Å². The number of H-pyrrole nitrogens is 1. The quantitative estimate of drug-likeness (QED) is 0.665. The maximum absolute atomic E-state index is 12.1. The monoisotopic (exact) mass is 382 g/mol. The van der Waals surface area contributed by atoms with Crippen LogP contribution < -0.4 is 10.9 Å². The van der Waals surface area contributed by atoms with Crippen LogP contribution in [0.5, 0.6) is 0 Å². The summed E-state index contributed by atoms with van der Waals surface area (Å²) in [5.41, 5.74) is 2.72. The van der Waals surface area contributed by atoms with Gasteiger partial charge < -0.3 is 10.3 Å². The predicted molar refractivity (Wildman–Crippen MR) is 101 cm³/mol. The number of anilines is 1. The van der Waals surface area contributed by atoms with Gasteiger partial charge in [0.15, 0.2) is 0 Å². The molecule has 0 saturated carbocycles. The highest BCUT2D eigenvalue weighted by Crippen LogP contribution is 2.19. The number of fused-ring (bicyclic) bond motifs is 1. The summed E-state index contributed by atoms with van der Waals surface area (Å²) in [5.74, 6) is -0.292. The summed E-state index contributed by atoms with van der Waals surface area (Å²) in [7, 11) is 0. The minimum atomic E-state index is -0.292. The van der Waals surface area contributed by atoms with Crippen LogP contribution in [0.2, 0.25) is 0 Å². The summed E-state index contributed by atoms with van der Waals surface area (Å²) in [6, 6.07) is 14.9. The van der Waals surface area contributed by atoms with Crippen molar-refractivity contribution in [1.29, 1.82) is 0 Å². The van der Waals surface area contributed by atoms with Gasteiger partial charge in [-0.25, -0.2) is 0 Å². The van der Waals surface area contributed by atoms with Crippen molar-refractivity contribution >= 4 is 44.5 Å². The van der Waals surface area contributed by atoms with E-state index in [9.17, 15) is 9.59 Å². The van der Waals surface area contributed by atoms with E-state index in [1.807, 2.05) is 49.4 Å². The van der Waals surface area contributed by atoms with Crippen LogP contribution in [0.1, 0.15) is 11.1 Å². The van der Waals surface area contributed by atoms with Crippen molar-refractivity contribution in [2.45, 2.75) is 6.92 Å². The second-order valence-corrected chi connectivity index (χ2v) is 6.40. The van der Waals surface area contributed by atoms with E-state index in [-0.39, 0.29) is 11.5 Å². The highest BCUT2D eigenvalue weighted by molar-refractivity contribution is 9.10. The van der Waals surface area contributed by atoms with Gasteiger partial charge in [-0.3, -0.25) is 9.59 Å². The molecule has 0 aliphatic rings. The van der Waals surface area contributed by atoms with Crippen LogP contribution in [-0.2, 0) is 4.79 Å². The lowest BCUT2D eigenvalue weighted by Gasteiger charge is -2.04. The van der Waals surface area contributed by atoms with E-state index in [1.165, 1.54) is 12.2 Å². The molecule has 0 spiro atoms. The number of aromatic nitrogens is 1. The molecule has 2 aromatic carbocycles. The minimum absolute atomic E-state index is 0.226. The molecule has 3 rings (SSSR count). The fraction of sp³-hybridized carbons (Fsp3) is 0.0526. The van der Waals surface area contributed by atoms with Crippen LogP contribution in [0, 0.1) is 6.92 Å². The maximum Gasteiger partial charge on any atom is 0.255 e. The number of hydrogen-bond donors (Lipinski definition) is 2. The summed E-state index contributed by atoms with van der Waals surface area (Å²) in [6.07, 6.45) is 2.88. The Hall–Kier alpha value is -2.66. The molecule has 0 atom stereocenters. The Morgan fingerprint density at radius 1 is 1.17 bits per heavy atom. The first-order chi connectivity index (χ1) is 11.5. The molecule has 0 aliphatic carbocycles. The Morgan fingerprint density at radius 3 is 2.75 bits per heavy atom. The fourth-order valence-corrected chi connectivity index (χ4v) is 3.05. The summed E-state index contributed by atoms with van der Waals surface area (Å²) in [5, 5.41) is 3.70. The van der Waals surface area contributed by atoms with Crippen LogP contribution in [0.25, 0.3) is 17.0 Å². The summed E-state index contributed by atoms with van der Waals surface area (Å²) < 4.78 is 0.896. The summed E-state index contributed by atoms with van der Waals surface area (Å²) >= 11 is 3.40. The zero-order chi connectivity index (χ0) is 17.1. The van der Waals surface area contributed by atoms with Gasteiger partial charge in [-0.05, 0) is 54.3 Å². The Bertz CT molecular complexity index is 985. The van der Waals surface area contributed by atoms with E-state index >= 15 is 0 Å². The predicted octanol–water partition coefficient (Wildman–Crippen LogP) is 4.25. The highest BCUT2D eigenvalue weighted by Gasteiger charge is 2.03. The van der Waals surface area contributed by atoms with Crippen molar-refractivity contribution in [1.82, 2.24) is 4.98 Å². The van der Waals surface area contributed by atoms with E-state index in [4.69, 9.17) is 0 Å². The molecule has 120 valence electrons. The van der Waals surface area contributed by atoms with Crippen LogP contribution in [0.4, 0.5) is 5.69 Å². The van der Waals surface area contributed by atoms with E-state index in [0.717, 1.165) is 20.9 Å². The number of pyridine rings is 1. The molecular formula is C19H15BrN2O2. The Kier molecular flexibility index (Phi) is 4.62. The molecule has 1 aromatic heterocycles. The average Bonchev–Trinajstić information content (AvgIpc) is 2.52. The number of rotatable bonds is 3. The average molecular weight is 383 g/mol. The molecule has 5 heteroatoms. The Morgan fingerprint density at radius 2 is 1.96 bits per heavy atom. The molecule has 24 heavy (non-hydrogen) atoms. The molecular weight excluding hydrogens is 368 g/mol. The van der Waals surface area contributed by atoms with Gasteiger partial charge in [0, 0.05) is 27.3 Å². The SMILES string of the molecule is Cc1cc(Br)cc(NC(=O)/C=C/c2cc3ccccc3[nH]c2=O)c1. The number of benzene rings is 2. The van der Waals surface area contributed by atoms with Crippen molar-refractivity contribution in [3.63, 3.8) is 0 Å². The molecule has 0 aliphatic heterocycles. The number of carbonyl (C=O) groups excluding carboxylic acids is 1. The first-order valence-electron chi connectivity index (χ1n) is 7.39. The van der Waals surface area contributed by atoms with E-state index in [2.05, 4.69) is 26.2 Å². The molecule has 3 aromatic rings. The molecule has 0 bridgehead atoms. The normalized spacial score (nSPS) is 11.1. The standard InChI is InChI=1S/C19H15BrN2O2/c1-12-8-15(20)11-16(9-12)21-18(23)7-6-14-10-13-4-2-3-5-17(13)22-19(14)24/h2-11H,1H3,(H,21,23)(H,22,24)/b7-6+. The van der Waals surface area contributed by atoms with E-state index < -0.39 is 0 Å². The molecule has 0 saturated heterocycles. The van der Waals surface area contributed by atoms with Crippen molar-refractivity contribution in [2.24, 2.45) is 0 Å². The molecule has 0 radical (unpaired) electrons. The highest BCUT2D eigenvalue weighted by atomic mass is 79.9. The van der Waals surface area contributed by atoms with Crippen LogP contribution in [0.3, 0.4) is 0 Å². The number of aromatic amines is 1. The second-order valence-electron chi connectivity index (χ2n) is 5.48. The molecule has 1 heterocycles. The third kappa shape index (κ3) is 3.81. The van der Waals surface area contributed by atoms with Crippen molar-refractivity contribution in [2.75, 3.05) is 5.32 Å². The second kappa shape index (κ2) is 6.84. The number of amides is 1. The number of carbonyl (C=O) groups is 1. The molecule has 4 nitrogen and oxygen atoms in total.